The van der Waals surface area contributed by atoms with Crippen LogP contribution in [0.2, 0.25) is 0 Å². The largest absolute Gasteiger partial charge is 0.424 e. The third kappa shape index (κ3) is 3.92. The molecule has 5 rings (SSSR count). The average molecular weight is 498 g/mol. The first kappa shape index (κ1) is 20.7. The monoisotopic (exact) mass is 497 g/mol. The van der Waals surface area contributed by atoms with Gasteiger partial charge in [0.2, 0.25) is 0 Å². The standard InChI is InChI=1S/C25H16BrN5O2/c26-22-23(33-25(27)31-24(22)32)16-11-10-15(17-7-1-4-12-28-17)20(18-8-2-5-13-29-18)21(16)19-9-3-6-14-30-19/h1-14H,(H2,27,31,32). The van der Waals surface area contributed by atoms with Gasteiger partial charge in [-0.15, -0.1) is 0 Å². The lowest BCUT2D eigenvalue weighted by molar-refractivity contribution is 0.560. The highest BCUT2D eigenvalue weighted by molar-refractivity contribution is 9.10. The molecule has 33 heavy (non-hydrogen) atoms. The first-order valence-electron chi connectivity index (χ1n) is 10.0. The van der Waals surface area contributed by atoms with E-state index < -0.39 is 5.56 Å². The Bertz CT molecular complexity index is 1490. The van der Waals surface area contributed by atoms with E-state index >= 15 is 0 Å². The van der Waals surface area contributed by atoms with E-state index in [1.165, 1.54) is 0 Å². The summed E-state index contributed by atoms with van der Waals surface area (Å²) in [6.07, 6.45) is 5.18. The molecular formula is C25H16BrN5O2. The summed E-state index contributed by atoms with van der Waals surface area (Å²) in [4.78, 5) is 29.8. The van der Waals surface area contributed by atoms with Crippen LogP contribution in [0.15, 0.2) is 99.0 Å². The van der Waals surface area contributed by atoms with Crippen molar-refractivity contribution >= 4 is 21.9 Å². The molecule has 0 amide bonds. The van der Waals surface area contributed by atoms with Crippen molar-refractivity contribution in [2.45, 2.75) is 0 Å². The first-order valence-corrected chi connectivity index (χ1v) is 10.8. The van der Waals surface area contributed by atoms with Crippen molar-refractivity contribution in [1.29, 1.82) is 0 Å². The van der Waals surface area contributed by atoms with Crippen LogP contribution in [-0.4, -0.2) is 19.9 Å². The van der Waals surface area contributed by atoms with Crippen LogP contribution in [-0.2, 0) is 0 Å². The molecule has 160 valence electrons. The zero-order valence-electron chi connectivity index (χ0n) is 17.1. The Labute approximate surface area is 197 Å². The molecule has 0 spiro atoms. The molecular weight excluding hydrogens is 482 g/mol. The van der Waals surface area contributed by atoms with E-state index in [2.05, 4.69) is 35.9 Å². The summed E-state index contributed by atoms with van der Waals surface area (Å²) in [5.41, 5.74) is 10.5. The Morgan fingerprint density at radius 1 is 0.697 bits per heavy atom. The third-order valence-corrected chi connectivity index (χ3v) is 5.74. The maximum atomic E-state index is 12.4. The van der Waals surface area contributed by atoms with Crippen LogP contribution < -0.4 is 11.3 Å². The molecule has 7 nitrogen and oxygen atoms in total. The molecule has 0 atom stereocenters. The normalized spacial score (nSPS) is 10.8. The number of rotatable bonds is 4. The predicted molar refractivity (Wildman–Crippen MR) is 130 cm³/mol. The van der Waals surface area contributed by atoms with Crippen LogP contribution in [0.4, 0.5) is 6.01 Å². The van der Waals surface area contributed by atoms with Crippen molar-refractivity contribution in [3.05, 3.63) is 100 Å². The van der Waals surface area contributed by atoms with Gasteiger partial charge >= 0.3 is 0 Å². The van der Waals surface area contributed by atoms with Crippen LogP contribution in [0.25, 0.3) is 45.1 Å². The quantitative estimate of drug-likeness (QED) is 0.361. The van der Waals surface area contributed by atoms with Crippen molar-refractivity contribution in [2.24, 2.45) is 0 Å². The molecule has 4 aromatic heterocycles. The molecule has 0 radical (unpaired) electrons. The number of anilines is 1. The lowest BCUT2D eigenvalue weighted by Crippen LogP contribution is -2.11. The van der Waals surface area contributed by atoms with Gasteiger partial charge in [0.15, 0.2) is 5.76 Å². The van der Waals surface area contributed by atoms with Crippen molar-refractivity contribution < 1.29 is 4.42 Å². The molecule has 0 unspecified atom stereocenters. The maximum Gasteiger partial charge on any atom is 0.295 e. The van der Waals surface area contributed by atoms with Crippen LogP contribution in [0.1, 0.15) is 0 Å². The predicted octanol–water partition coefficient (Wildman–Crippen LogP) is 5.23. The number of nitrogen functional groups attached to an aromatic ring is 1. The summed E-state index contributed by atoms with van der Waals surface area (Å²) in [6.45, 7) is 0. The van der Waals surface area contributed by atoms with Gasteiger partial charge in [-0.25, -0.2) is 0 Å². The zero-order valence-corrected chi connectivity index (χ0v) is 18.7. The van der Waals surface area contributed by atoms with E-state index in [4.69, 9.17) is 10.2 Å². The van der Waals surface area contributed by atoms with Crippen LogP contribution in [0, 0.1) is 0 Å². The molecule has 0 bridgehead atoms. The smallest absolute Gasteiger partial charge is 0.295 e. The Kier molecular flexibility index (Phi) is 5.50. The molecule has 0 aliphatic rings. The van der Waals surface area contributed by atoms with E-state index in [-0.39, 0.29) is 16.2 Å². The van der Waals surface area contributed by atoms with Gasteiger partial charge in [-0.2, -0.15) is 4.98 Å². The second kappa shape index (κ2) is 8.76. The number of hydrogen-bond donors (Lipinski definition) is 1. The van der Waals surface area contributed by atoms with Gasteiger partial charge in [-0.3, -0.25) is 19.7 Å². The number of nitrogens with two attached hydrogens (primary N) is 1. The zero-order chi connectivity index (χ0) is 22.8. The van der Waals surface area contributed by atoms with Crippen LogP contribution in [0.3, 0.4) is 0 Å². The fraction of sp³-hybridized carbons (Fsp3) is 0. The average Bonchev–Trinajstić information content (AvgIpc) is 2.87. The van der Waals surface area contributed by atoms with E-state index in [1.54, 1.807) is 18.6 Å². The molecule has 5 aromatic rings. The number of hydrogen-bond acceptors (Lipinski definition) is 7. The van der Waals surface area contributed by atoms with Crippen molar-refractivity contribution in [1.82, 2.24) is 19.9 Å². The van der Waals surface area contributed by atoms with Crippen LogP contribution >= 0.6 is 15.9 Å². The van der Waals surface area contributed by atoms with Gasteiger partial charge in [-0.1, -0.05) is 24.3 Å². The molecule has 2 N–H and O–H groups in total. The summed E-state index contributed by atoms with van der Waals surface area (Å²) in [5, 5.41) is 0. The summed E-state index contributed by atoms with van der Waals surface area (Å²) in [5.74, 6) is 0.262. The van der Waals surface area contributed by atoms with Crippen LogP contribution in [0.5, 0.6) is 0 Å². The summed E-state index contributed by atoms with van der Waals surface area (Å²) < 4.78 is 5.90. The Hall–Kier alpha value is -4.17. The lowest BCUT2D eigenvalue weighted by atomic mass is 9.88. The number of benzene rings is 1. The second-order valence-corrected chi connectivity index (χ2v) is 7.85. The Balaban J connectivity index is 1.95. The minimum atomic E-state index is -0.520. The van der Waals surface area contributed by atoms with Crippen molar-refractivity contribution in [2.75, 3.05) is 5.73 Å². The maximum absolute atomic E-state index is 12.4. The fourth-order valence-corrected chi connectivity index (χ4v) is 4.06. The molecule has 0 saturated heterocycles. The van der Waals surface area contributed by atoms with E-state index in [0.29, 0.717) is 11.3 Å². The van der Waals surface area contributed by atoms with Gasteiger partial charge in [0.05, 0.1) is 17.1 Å². The number of nitrogens with zero attached hydrogens (tertiary/aromatic N) is 4. The Morgan fingerprint density at radius 2 is 1.21 bits per heavy atom. The van der Waals surface area contributed by atoms with E-state index in [9.17, 15) is 4.79 Å². The third-order valence-electron chi connectivity index (χ3n) is 5.04. The minimum absolute atomic E-state index is 0.173. The van der Waals surface area contributed by atoms with Gasteiger partial charge in [0, 0.05) is 40.8 Å². The lowest BCUT2D eigenvalue weighted by Gasteiger charge is -2.18. The van der Waals surface area contributed by atoms with Gasteiger partial charge < -0.3 is 10.2 Å². The number of pyridine rings is 3. The fourth-order valence-electron chi connectivity index (χ4n) is 3.67. The second-order valence-electron chi connectivity index (χ2n) is 7.06. The highest BCUT2D eigenvalue weighted by atomic mass is 79.9. The summed E-state index contributed by atoms with van der Waals surface area (Å²) in [6, 6.07) is 20.6. The molecule has 1 aromatic carbocycles. The molecule has 0 aliphatic carbocycles. The van der Waals surface area contributed by atoms with Gasteiger partial charge in [-0.05, 0) is 58.4 Å². The van der Waals surface area contributed by atoms with Gasteiger partial charge in [0.25, 0.3) is 11.6 Å². The highest BCUT2D eigenvalue weighted by Gasteiger charge is 2.24. The topological polar surface area (TPSA) is 108 Å². The van der Waals surface area contributed by atoms with Crippen molar-refractivity contribution in [3.8, 4) is 45.1 Å². The number of halogens is 1. The summed E-state index contributed by atoms with van der Waals surface area (Å²) >= 11 is 3.33. The Morgan fingerprint density at radius 3 is 1.76 bits per heavy atom. The minimum Gasteiger partial charge on any atom is -0.424 e. The van der Waals surface area contributed by atoms with Crippen molar-refractivity contribution in [3.63, 3.8) is 0 Å². The van der Waals surface area contributed by atoms with E-state index in [0.717, 1.165) is 28.1 Å². The SMILES string of the molecule is Nc1nc(=O)c(Br)c(-c2ccc(-c3ccccn3)c(-c3ccccn3)c2-c2ccccn2)o1. The molecule has 0 fully saturated rings. The molecule has 0 saturated carbocycles. The number of aromatic nitrogens is 4. The first-order chi connectivity index (χ1) is 16.1. The molecule has 4 heterocycles. The molecule has 0 aliphatic heterocycles. The summed E-state index contributed by atoms with van der Waals surface area (Å²) in [7, 11) is 0. The molecule has 8 heteroatoms. The highest BCUT2D eigenvalue weighted by Crippen LogP contribution is 2.45. The van der Waals surface area contributed by atoms with Gasteiger partial charge in [0.1, 0.15) is 4.47 Å². The van der Waals surface area contributed by atoms with E-state index in [1.807, 2.05) is 66.7 Å².